The van der Waals surface area contributed by atoms with E-state index in [2.05, 4.69) is 72.9 Å². The first-order valence-corrected chi connectivity index (χ1v) is 8.76. The van der Waals surface area contributed by atoms with Gasteiger partial charge in [0.2, 0.25) is 0 Å². The fourth-order valence-corrected chi connectivity index (χ4v) is 3.73. The maximum absolute atomic E-state index is 5.10. The molecule has 0 spiro atoms. The van der Waals surface area contributed by atoms with E-state index in [9.17, 15) is 0 Å². The van der Waals surface area contributed by atoms with Crippen molar-refractivity contribution in [1.82, 2.24) is 14.4 Å². The van der Waals surface area contributed by atoms with E-state index in [-0.39, 0.29) is 0 Å². The number of imidazole rings is 1. The average Bonchev–Trinajstić information content (AvgIpc) is 3.00. The Bertz CT molecular complexity index is 1150. The number of nitrogens with zero attached hydrogens (tertiary/aromatic N) is 3. The third-order valence-electron chi connectivity index (χ3n) is 4.95. The van der Waals surface area contributed by atoms with Crippen LogP contribution in [0.1, 0.15) is 23.7 Å². The predicted molar refractivity (Wildman–Crippen MR) is 103 cm³/mol. The van der Waals surface area contributed by atoms with E-state index < -0.39 is 0 Å². The van der Waals surface area contributed by atoms with Gasteiger partial charge in [-0.15, -0.1) is 0 Å². The summed E-state index contributed by atoms with van der Waals surface area (Å²) in [6.07, 6.45) is 5.41. The first-order chi connectivity index (χ1) is 12.2. The summed E-state index contributed by atoms with van der Waals surface area (Å²) >= 11 is 0. The molecule has 2 heterocycles. The highest BCUT2D eigenvalue weighted by Crippen LogP contribution is 2.32. The highest BCUT2D eigenvalue weighted by atomic mass is 15.1. The van der Waals surface area contributed by atoms with Crippen LogP contribution in [0.2, 0.25) is 0 Å². The van der Waals surface area contributed by atoms with Crippen molar-refractivity contribution in [2.24, 2.45) is 5.92 Å². The third kappa shape index (κ3) is 2.19. The van der Waals surface area contributed by atoms with Crippen LogP contribution in [0.3, 0.4) is 0 Å². The van der Waals surface area contributed by atoms with Crippen LogP contribution < -0.4 is 0 Å². The van der Waals surface area contributed by atoms with E-state index >= 15 is 0 Å². The van der Waals surface area contributed by atoms with E-state index in [0.717, 1.165) is 45.7 Å². The minimum absolute atomic E-state index is 0.511. The zero-order valence-electron chi connectivity index (χ0n) is 14.4. The maximum atomic E-state index is 5.10. The lowest BCUT2D eigenvalue weighted by Gasteiger charge is -2.18. The van der Waals surface area contributed by atoms with Crippen LogP contribution >= 0.6 is 0 Å². The molecule has 0 fully saturated rings. The second kappa shape index (κ2) is 5.28. The summed E-state index contributed by atoms with van der Waals surface area (Å²) in [4.78, 5) is 10.0. The number of aryl methyl sites for hydroxylation is 1. The van der Waals surface area contributed by atoms with Crippen molar-refractivity contribution in [3.05, 3.63) is 71.4 Å². The molecule has 0 saturated carbocycles. The molecule has 4 aromatic rings. The number of aromatic nitrogens is 3. The zero-order chi connectivity index (χ0) is 17.0. The second-order valence-corrected chi connectivity index (χ2v) is 6.97. The van der Waals surface area contributed by atoms with E-state index in [1.54, 1.807) is 0 Å². The predicted octanol–water partition coefficient (Wildman–Crippen LogP) is 5.06. The van der Waals surface area contributed by atoms with Gasteiger partial charge >= 0.3 is 0 Å². The Morgan fingerprint density at radius 3 is 2.80 bits per heavy atom. The van der Waals surface area contributed by atoms with Crippen LogP contribution in [0.25, 0.3) is 34.1 Å². The van der Waals surface area contributed by atoms with Gasteiger partial charge in [0.25, 0.3) is 0 Å². The molecule has 0 aliphatic heterocycles. The van der Waals surface area contributed by atoms with Gasteiger partial charge in [-0.3, -0.25) is 4.40 Å². The summed E-state index contributed by atoms with van der Waals surface area (Å²) in [6, 6.07) is 16.9. The Morgan fingerprint density at radius 1 is 1.04 bits per heavy atom. The van der Waals surface area contributed by atoms with Gasteiger partial charge in [-0.2, -0.15) is 0 Å². The van der Waals surface area contributed by atoms with Crippen molar-refractivity contribution < 1.29 is 0 Å². The monoisotopic (exact) mass is 325 g/mol. The number of para-hydroxylation sites is 2. The normalized spacial score (nSPS) is 16.5. The summed E-state index contributed by atoms with van der Waals surface area (Å²) < 4.78 is 2.21. The number of allylic oxidation sites excluding steroid dienone is 1. The van der Waals surface area contributed by atoms with Crippen LogP contribution in [-0.2, 0) is 6.42 Å². The summed E-state index contributed by atoms with van der Waals surface area (Å²) in [5.74, 6) is 1.49. The molecular formula is C22H19N3. The lowest BCUT2D eigenvalue weighted by atomic mass is 9.95. The van der Waals surface area contributed by atoms with Crippen LogP contribution in [0.15, 0.2) is 54.6 Å². The molecule has 0 radical (unpaired) electrons. The van der Waals surface area contributed by atoms with E-state index in [1.165, 1.54) is 5.56 Å². The Hall–Kier alpha value is -2.94. The molecule has 1 aliphatic rings. The van der Waals surface area contributed by atoms with Crippen molar-refractivity contribution in [2.75, 3.05) is 0 Å². The summed E-state index contributed by atoms with van der Waals surface area (Å²) in [6.45, 7) is 4.36. The molecule has 1 unspecified atom stereocenters. The molecular weight excluding hydrogens is 306 g/mol. The number of hydrogen-bond acceptors (Lipinski definition) is 2. The number of rotatable bonds is 1. The zero-order valence-corrected chi connectivity index (χ0v) is 14.4. The fraction of sp³-hybridized carbons (Fsp3) is 0.182. The number of fused-ring (bicyclic) bond motifs is 5. The summed E-state index contributed by atoms with van der Waals surface area (Å²) in [5.41, 5.74) is 7.81. The third-order valence-corrected chi connectivity index (χ3v) is 4.95. The number of benzene rings is 2. The molecule has 122 valence electrons. The van der Waals surface area contributed by atoms with Gasteiger partial charge in [0.05, 0.1) is 16.7 Å². The van der Waals surface area contributed by atoms with Crippen LogP contribution in [0.4, 0.5) is 0 Å². The maximum Gasteiger partial charge on any atom is 0.148 e. The highest BCUT2D eigenvalue weighted by molar-refractivity contribution is 5.87. The Balaban J connectivity index is 1.95. The van der Waals surface area contributed by atoms with Crippen molar-refractivity contribution in [3.63, 3.8) is 0 Å². The van der Waals surface area contributed by atoms with Crippen molar-refractivity contribution in [1.29, 1.82) is 0 Å². The molecule has 0 N–H and O–H groups in total. The van der Waals surface area contributed by atoms with Gasteiger partial charge in [0.1, 0.15) is 11.5 Å². The molecule has 0 saturated heterocycles. The smallest absolute Gasteiger partial charge is 0.148 e. The molecule has 3 nitrogen and oxygen atoms in total. The van der Waals surface area contributed by atoms with Gasteiger partial charge in [0.15, 0.2) is 0 Å². The van der Waals surface area contributed by atoms with E-state index in [0.29, 0.717) is 5.92 Å². The van der Waals surface area contributed by atoms with Crippen molar-refractivity contribution in [2.45, 2.75) is 20.3 Å². The van der Waals surface area contributed by atoms with E-state index in [1.807, 2.05) is 6.07 Å². The lowest BCUT2D eigenvalue weighted by molar-refractivity contribution is 0.698. The van der Waals surface area contributed by atoms with Gasteiger partial charge in [-0.25, -0.2) is 9.97 Å². The molecule has 25 heavy (non-hydrogen) atoms. The fourth-order valence-electron chi connectivity index (χ4n) is 3.73. The van der Waals surface area contributed by atoms with Crippen molar-refractivity contribution in [3.8, 4) is 11.4 Å². The SMILES string of the molecule is Cc1cccc(-c2nc3c(c4nc5ccccc5n24)C=CC(C)C3)c1. The van der Waals surface area contributed by atoms with Crippen molar-refractivity contribution >= 4 is 22.8 Å². The topological polar surface area (TPSA) is 30.2 Å². The quantitative estimate of drug-likeness (QED) is 0.489. The molecule has 1 aliphatic carbocycles. The Kier molecular flexibility index (Phi) is 3.04. The lowest BCUT2D eigenvalue weighted by Crippen LogP contribution is -2.10. The minimum Gasteiger partial charge on any atom is -0.276 e. The second-order valence-electron chi connectivity index (χ2n) is 6.97. The number of hydrogen-bond donors (Lipinski definition) is 0. The first kappa shape index (κ1) is 14.4. The molecule has 5 rings (SSSR count). The molecule has 2 aromatic heterocycles. The largest absolute Gasteiger partial charge is 0.276 e. The Morgan fingerprint density at radius 2 is 1.92 bits per heavy atom. The Labute approximate surface area is 146 Å². The van der Waals surface area contributed by atoms with E-state index in [4.69, 9.17) is 9.97 Å². The average molecular weight is 325 g/mol. The minimum atomic E-state index is 0.511. The molecule has 0 bridgehead atoms. The first-order valence-electron chi connectivity index (χ1n) is 8.76. The molecule has 1 atom stereocenters. The standard InChI is InChI=1S/C22H19N3/c1-14-6-5-7-16(12-14)21-24-19-13-15(2)10-11-17(19)22-23-18-8-3-4-9-20(18)25(21)22/h3-12,15H,13H2,1-2H3. The molecule has 2 aromatic carbocycles. The summed E-state index contributed by atoms with van der Waals surface area (Å²) in [5, 5.41) is 0. The molecule has 0 amide bonds. The van der Waals surface area contributed by atoms with Gasteiger partial charge in [0, 0.05) is 11.1 Å². The van der Waals surface area contributed by atoms with Gasteiger partial charge in [-0.05, 0) is 37.5 Å². The van der Waals surface area contributed by atoms with Crippen LogP contribution in [0, 0.1) is 12.8 Å². The van der Waals surface area contributed by atoms with Gasteiger partial charge < -0.3 is 0 Å². The van der Waals surface area contributed by atoms with Crippen LogP contribution in [0.5, 0.6) is 0 Å². The summed E-state index contributed by atoms with van der Waals surface area (Å²) in [7, 11) is 0. The van der Waals surface area contributed by atoms with Gasteiger partial charge in [-0.1, -0.05) is 55.0 Å². The highest BCUT2D eigenvalue weighted by Gasteiger charge is 2.21. The van der Waals surface area contributed by atoms with Crippen LogP contribution in [-0.4, -0.2) is 14.4 Å². The molecule has 3 heteroatoms.